The highest BCUT2D eigenvalue weighted by Crippen LogP contribution is 2.45. The number of anilines is 3. The van der Waals surface area contributed by atoms with Gasteiger partial charge in [0.15, 0.2) is 17.2 Å². The lowest BCUT2D eigenvalue weighted by atomic mass is 9.98. The number of hydrogen-bond donors (Lipinski definition) is 11. The number of nitrogens with one attached hydrogen (secondary N) is 3. The smallest absolute Gasteiger partial charge is 0.305 e. The molecule has 0 aliphatic heterocycles. The number of fused-ring (bicyclic) bond motifs is 3. The quantitative estimate of drug-likeness (QED) is 0.0130. The van der Waals surface area contributed by atoms with Crippen LogP contribution in [-0.2, 0) is 52.3 Å². The van der Waals surface area contributed by atoms with E-state index in [-0.39, 0.29) is 128 Å². The second-order valence-corrected chi connectivity index (χ2v) is 18.0. The molecule has 474 valence electrons. The van der Waals surface area contributed by atoms with Crippen LogP contribution >= 0.6 is 0 Å². The van der Waals surface area contributed by atoms with Crippen molar-refractivity contribution in [1.82, 2.24) is 0 Å². The first-order valence-electron chi connectivity index (χ1n) is 26.7. The minimum Gasteiger partial charge on any atom is -1.00 e. The number of nitrogens with two attached hydrogens (primary N) is 4. The molecular weight excluding hydrogens is 1160 g/mol. The zero-order chi connectivity index (χ0) is 63.0. The van der Waals surface area contributed by atoms with Crippen LogP contribution in [-0.4, -0.2) is 177 Å². The number of aromatic hydroxyl groups is 3. The Bertz CT molecular complexity index is 2940. The maximum atomic E-state index is 12.3. The van der Waals surface area contributed by atoms with Crippen molar-refractivity contribution in [1.29, 1.82) is 0 Å². The molecule has 0 radical (unpaired) electrons. The van der Waals surface area contributed by atoms with Crippen molar-refractivity contribution in [2.45, 2.75) is 18.8 Å². The lowest BCUT2D eigenvalue weighted by Gasteiger charge is -2.14. The van der Waals surface area contributed by atoms with Gasteiger partial charge in [-0.05, 0) is 65.1 Å². The molecule has 29 heteroatoms. The number of benzene rings is 5. The van der Waals surface area contributed by atoms with E-state index in [0.29, 0.717) is 59.2 Å². The number of methoxy groups -OCH3 is 3. The van der Waals surface area contributed by atoms with E-state index < -0.39 is 52.7 Å². The van der Waals surface area contributed by atoms with Crippen LogP contribution in [0.1, 0.15) is 61.0 Å². The minimum absolute atomic E-state index is 0. The van der Waals surface area contributed by atoms with Gasteiger partial charge in [0.2, 0.25) is 17.7 Å². The van der Waals surface area contributed by atoms with Gasteiger partial charge in [0.25, 0.3) is 17.7 Å². The van der Waals surface area contributed by atoms with Crippen molar-refractivity contribution in [2.75, 3.05) is 136 Å². The Morgan fingerprint density at radius 1 is 0.483 bits per heavy atom. The molecule has 0 fully saturated rings. The monoisotopic (exact) mass is 1240 g/mol. The van der Waals surface area contributed by atoms with Crippen molar-refractivity contribution in [3.63, 3.8) is 0 Å². The molecule has 0 saturated heterocycles. The van der Waals surface area contributed by atoms with Crippen molar-refractivity contribution in [3.8, 4) is 45.6 Å². The molecule has 28 nitrogen and oxygen atoms in total. The van der Waals surface area contributed by atoms with E-state index in [9.17, 15) is 48.9 Å². The van der Waals surface area contributed by atoms with Crippen molar-refractivity contribution >= 4 is 58.5 Å². The predicted octanol–water partition coefficient (Wildman–Crippen LogP) is -1.25. The van der Waals surface area contributed by atoms with Gasteiger partial charge in [-0.2, -0.15) is 0 Å². The highest BCUT2D eigenvalue weighted by molar-refractivity contribution is 6.04. The second kappa shape index (κ2) is 39.0. The Hall–Kier alpha value is -8.84. The summed E-state index contributed by atoms with van der Waals surface area (Å²) in [5.41, 5.74) is 28.7. The molecule has 0 aromatic heterocycles. The van der Waals surface area contributed by atoms with E-state index in [1.807, 2.05) is 24.3 Å². The first kappa shape index (κ1) is 72.4. The minimum atomic E-state index is -0.891. The molecule has 0 bridgehead atoms. The van der Waals surface area contributed by atoms with E-state index >= 15 is 0 Å². The van der Waals surface area contributed by atoms with Crippen LogP contribution in [0.5, 0.6) is 34.5 Å². The number of halogens is 1. The Kier molecular flexibility index (Phi) is 32.4. The van der Waals surface area contributed by atoms with Crippen LogP contribution in [0.15, 0.2) is 84.9 Å². The van der Waals surface area contributed by atoms with Gasteiger partial charge in [0.05, 0.1) is 97.8 Å². The zero-order valence-corrected chi connectivity index (χ0v) is 49.1. The summed E-state index contributed by atoms with van der Waals surface area (Å²) >= 11 is 0. The second-order valence-electron chi connectivity index (χ2n) is 18.0. The first-order valence-corrected chi connectivity index (χ1v) is 26.7. The van der Waals surface area contributed by atoms with Gasteiger partial charge in [-0.3, -0.25) is 33.6 Å². The van der Waals surface area contributed by atoms with Gasteiger partial charge >= 0.3 is 5.97 Å². The topological polar surface area (TPSA) is 440 Å². The number of carbonyl (C=O) groups excluding carboxylic acids is 7. The third-order valence-corrected chi connectivity index (χ3v) is 12.0. The summed E-state index contributed by atoms with van der Waals surface area (Å²) in [6.07, 6.45) is 0.730. The molecule has 6 rings (SSSR count). The van der Waals surface area contributed by atoms with E-state index in [4.69, 9.17) is 70.3 Å². The maximum absolute atomic E-state index is 12.3. The van der Waals surface area contributed by atoms with Gasteiger partial charge in [-0.15, -0.1) is 0 Å². The van der Waals surface area contributed by atoms with E-state index in [2.05, 4.69) is 45.9 Å². The molecule has 0 unspecified atom stereocenters. The van der Waals surface area contributed by atoms with Crippen molar-refractivity contribution in [2.24, 2.45) is 22.9 Å². The normalized spacial score (nSPS) is 11.0. The van der Waals surface area contributed by atoms with E-state index in [1.54, 1.807) is 0 Å². The highest BCUT2D eigenvalue weighted by Gasteiger charge is 2.29. The number of esters is 1. The average molecular weight is 1240 g/mol. The molecule has 87 heavy (non-hydrogen) atoms. The summed E-state index contributed by atoms with van der Waals surface area (Å²) in [5.74, 6) is -5.48. The van der Waals surface area contributed by atoms with Crippen LogP contribution < -0.4 is 71.2 Å². The standard InChI is InChI=1S/C30H32N2O8.2C14H21N3O6.ClH/c1-37-25-13-12-24(29(35)28(25)30(31)36)32-26(33)18-39-16-15-38-14-6-11-27(34)40-17-23-21-9-4-2-7-19(21)20-8-3-5-10-22(20)23;2*1-21-10-3-2-9(13(19)12(10)14(16)20)17-11(18)8-23-7-6-22-5-4-15;/h2-5,7-10,12-13,23,35H,6,11,14-18H2,1H3,(H2,31,36)(H,32,33);2*2-3,19H,4-8,15H2,1H3,(H2,16,20)(H,17,18);1H. The van der Waals surface area contributed by atoms with Crippen molar-refractivity contribution in [3.05, 3.63) is 113 Å². The number of ether oxygens (including phenoxy) is 10. The predicted molar refractivity (Wildman–Crippen MR) is 311 cm³/mol. The van der Waals surface area contributed by atoms with Gasteiger partial charge in [-0.1, -0.05) is 48.5 Å². The summed E-state index contributed by atoms with van der Waals surface area (Å²) in [5, 5.41) is 37.6. The third kappa shape index (κ3) is 22.8. The van der Waals surface area contributed by atoms with Gasteiger partial charge in [0.1, 0.15) is 60.4 Å². The summed E-state index contributed by atoms with van der Waals surface area (Å²) in [6, 6.07) is 24.8. The Morgan fingerprint density at radius 3 is 1.17 bits per heavy atom. The molecule has 0 atom stereocenters. The Balaban J connectivity index is 0.000000363. The Labute approximate surface area is 507 Å². The molecule has 1 aliphatic rings. The Morgan fingerprint density at radius 2 is 0.828 bits per heavy atom. The molecule has 5 aromatic carbocycles. The fourth-order valence-corrected chi connectivity index (χ4v) is 8.15. The molecule has 0 saturated carbocycles. The molecular formula is C58H75ClN8O20. The highest BCUT2D eigenvalue weighted by atomic mass is 35.5. The van der Waals surface area contributed by atoms with Gasteiger partial charge < -0.3 is 120 Å². The first-order chi connectivity index (χ1) is 41.4. The van der Waals surface area contributed by atoms with Gasteiger partial charge in [0, 0.05) is 25.5 Å². The summed E-state index contributed by atoms with van der Waals surface area (Å²) in [6.45, 7) is 3.49. The fraction of sp³-hybridized carbons (Fsp3) is 0.362. The number of phenols is 3. The van der Waals surface area contributed by atoms with Crippen LogP contribution in [0.2, 0.25) is 0 Å². The number of primary amides is 3. The number of carbonyl (C=O) groups is 7. The van der Waals surface area contributed by atoms with Crippen molar-refractivity contribution < 1.29 is 114 Å². The lowest BCUT2D eigenvalue weighted by molar-refractivity contribution is -0.374. The number of hydrogen-bond acceptors (Lipinski definition) is 21. The fourth-order valence-electron chi connectivity index (χ4n) is 8.15. The molecule has 17 N–H and O–H groups in total. The molecule has 5 aromatic rings. The van der Waals surface area contributed by atoms with Crippen LogP contribution in [0.3, 0.4) is 0 Å². The summed E-state index contributed by atoms with van der Waals surface area (Å²) in [7, 11) is 4.00. The van der Waals surface area contributed by atoms with E-state index in [0.717, 1.165) is 0 Å². The third-order valence-electron chi connectivity index (χ3n) is 12.0. The zero-order valence-electron chi connectivity index (χ0n) is 48.4. The molecule has 6 amide bonds. The molecule has 0 spiro atoms. The lowest BCUT2D eigenvalue weighted by Crippen LogP contribution is -3.00. The SMILES string of the molecule is COc1ccc(NC(=O)COCCOCCCC(=O)OCC2c3ccccc3-c3ccccc32)c(O)c1C(N)=O.COc1ccc(NC(=O)COCCOCCN)c(O)c1C(N)=O.COc1ccc(NC(=O)COCCOCC[NH3+])c(O)c1C(N)=O.[Cl-]. The molecule has 0 heterocycles. The van der Waals surface area contributed by atoms with Crippen LogP contribution in [0, 0.1) is 0 Å². The number of quaternary nitrogens is 1. The number of amides is 6. The van der Waals surface area contributed by atoms with Crippen LogP contribution in [0.25, 0.3) is 11.1 Å². The molecule has 1 aliphatic carbocycles. The van der Waals surface area contributed by atoms with Gasteiger partial charge in [-0.25, -0.2) is 0 Å². The number of rotatable bonds is 34. The van der Waals surface area contributed by atoms with E-state index in [1.165, 1.54) is 80.0 Å². The summed E-state index contributed by atoms with van der Waals surface area (Å²) < 4.78 is 51.7. The van der Waals surface area contributed by atoms with Crippen LogP contribution in [0.4, 0.5) is 17.1 Å². The largest absolute Gasteiger partial charge is 1.00 e. The average Bonchev–Trinajstić information content (AvgIpc) is 1.94. The maximum Gasteiger partial charge on any atom is 0.305 e. The summed E-state index contributed by atoms with van der Waals surface area (Å²) in [4.78, 5) is 82.2.